The summed E-state index contributed by atoms with van der Waals surface area (Å²) in [5, 5.41) is 22.7. The maximum absolute atomic E-state index is 14.7. The van der Waals surface area contributed by atoms with E-state index in [0.717, 1.165) is 32.1 Å². The number of hydrogen-bond acceptors (Lipinski definition) is 11. The first-order valence-electron chi connectivity index (χ1n) is 30.1. The molecule has 1 aliphatic heterocycles. The number of hydrogen-bond donors (Lipinski definition) is 8. The number of carbonyl (C=O) groups is 9. The predicted octanol–water partition coefficient (Wildman–Crippen LogP) is 5.68. The van der Waals surface area contributed by atoms with Gasteiger partial charge in [0.25, 0.3) is 5.91 Å². The highest BCUT2D eigenvalue weighted by atomic mass is 19.1. The van der Waals surface area contributed by atoms with Gasteiger partial charge in [-0.1, -0.05) is 91.8 Å². The fourth-order valence-electron chi connectivity index (χ4n) is 10.6. The second-order valence-corrected chi connectivity index (χ2v) is 26.4. The van der Waals surface area contributed by atoms with Crippen LogP contribution in [0.4, 0.5) is 4.39 Å². The van der Waals surface area contributed by atoms with Gasteiger partial charge in [0.05, 0.1) is 6.54 Å². The SMILES string of the molecule is CC(C)C[C@H](NC(=O)[C@H](CCC1CCCCC1)NC(=O)[C@@H]1C[C@H](Oc2ccccc2)CN1C(=O)c1ccc(F)cc1)C(=O)NC(C)(C)C(=O)N[C@@H](CC(C)C)C(=O)N[C@@H](CC(C)C)C(=O)NC(C)(C)C(=O)NC(C)(C)C(=O)N[C@@H](C)CN(C)C. The zero-order valence-corrected chi connectivity index (χ0v) is 52.6. The molecular weight excluding hydrogens is 1080 g/mol. The lowest BCUT2D eigenvalue weighted by atomic mass is 9.85. The van der Waals surface area contributed by atoms with Crippen LogP contribution in [0.2, 0.25) is 0 Å². The molecule has 21 heteroatoms. The minimum Gasteiger partial charge on any atom is -0.488 e. The predicted molar refractivity (Wildman–Crippen MR) is 321 cm³/mol. The van der Waals surface area contributed by atoms with Crippen LogP contribution in [0.5, 0.6) is 5.75 Å². The number of likely N-dealkylation sites (tertiary alicyclic amines) is 1. The molecule has 2 aliphatic rings. The normalized spacial score (nSPS) is 17.8. The van der Waals surface area contributed by atoms with Crippen molar-refractivity contribution in [2.45, 2.75) is 220 Å². The van der Waals surface area contributed by atoms with Gasteiger partial charge in [-0.05, 0) is 155 Å². The molecule has 20 nitrogen and oxygen atoms in total. The first kappa shape index (κ1) is 69.9. The Balaban J connectivity index is 1.51. The molecule has 84 heavy (non-hydrogen) atoms. The Morgan fingerprint density at radius 2 is 1.06 bits per heavy atom. The molecule has 0 unspecified atom stereocenters. The molecule has 1 aliphatic carbocycles. The highest BCUT2D eigenvalue weighted by Gasteiger charge is 2.44. The van der Waals surface area contributed by atoms with Gasteiger partial charge in [-0.2, -0.15) is 0 Å². The van der Waals surface area contributed by atoms with E-state index in [2.05, 4.69) is 42.5 Å². The summed E-state index contributed by atoms with van der Waals surface area (Å²) in [5.41, 5.74) is -4.37. The van der Waals surface area contributed by atoms with E-state index in [-0.39, 0.29) is 68.0 Å². The van der Waals surface area contributed by atoms with Crippen LogP contribution in [0.15, 0.2) is 54.6 Å². The van der Waals surface area contributed by atoms with Crippen LogP contribution in [0.1, 0.15) is 171 Å². The van der Waals surface area contributed by atoms with Crippen molar-refractivity contribution in [2.24, 2.45) is 23.7 Å². The van der Waals surface area contributed by atoms with Crippen molar-refractivity contribution < 1.29 is 52.3 Å². The molecule has 468 valence electrons. The molecule has 1 saturated carbocycles. The Kier molecular flexibility index (Phi) is 26.2. The second kappa shape index (κ2) is 31.5. The van der Waals surface area contributed by atoms with Gasteiger partial charge in [-0.25, -0.2) is 4.39 Å². The van der Waals surface area contributed by atoms with Gasteiger partial charge in [0.2, 0.25) is 47.3 Å². The number of nitrogens with zero attached hydrogens (tertiary/aromatic N) is 2. The summed E-state index contributed by atoms with van der Waals surface area (Å²) in [6.45, 7) is 22.7. The Hall–Kier alpha value is -6.64. The van der Waals surface area contributed by atoms with Gasteiger partial charge in [-0.3, -0.25) is 43.2 Å². The quantitative estimate of drug-likeness (QED) is 0.0472. The van der Waals surface area contributed by atoms with Crippen molar-refractivity contribution in [3.05, 3.63) is 66.0 Å². The third kappa shape index (κ3) is 22.1. The molecule has 7 atom stereocenters. The van der Waals surface area contributed by atoms with Crippen LogP contribution in [-0.4, -0.2) is 149 Å². The van der Waals surface area contributed by atoms with Gasteiger partial charge in [0.15, 0.2) is 0 Å². The number of nitrogens with one attached hydrogen (secondary N) is 8. The molecule has 1 heterocycles. The van der Waals surface area contributed by atoms with E-state index in [1.54, 1.807) is 26.0 Å². The minimum atomic E-state index is -1.66. The summed E-state index contributed by atoms with van der Waals surface area (Å²) in [4.78, 5) is 131. The number of para-hydroxylation sites is 1. The molecule has 0 bridgehead atoms. The van der Waals surface area contributed by atoms with Gasteiger partial charge in [0.1, 0.15) is 64.5 Å². The molecule has 2 aromatic rings. The van der Waals surface area contributed by atoms with E-state index >= 15 is 0 Å². The number of rotatable bonds is 30. The van der Waals surface area contributed by atoms with Crippen LogP contribution >= 0.6 is 0 Å². The summed E-state index contributed by atoms with van der Waals surface area (Å²) < 4.78 is 20.2. The van der Waals surface area contributed by atoms with Gasteiger partial charge in [-0.15, -0.1) is 0 Å². The molecule has 8 N–H and O–H groups in total. The molecule has 9 amide bonds. The van der Waals surface area contributed by atoms with E-state index in [4.69, 9.17) is 4.74 Å². The second-order valence-electron chi connectivity index (χ2n) is 26.4. The van der Waals surface area contributed by atoms with E-state index in [9.17, 15) is 47.5 Å². The van der Waals surface area contributed by atoms with E-state index < -0.39 is 112 Å². The van der Waals surface area contributed by atoms with Gasteiger partial charge >= 0.3 is 0 Å². The van der Waals surface area contributed by atoms with Crippen molar-refractivity contribution in [3.63, 3.8) is 0 Å². The van der Waals surface area contributed by atoms with Gasteiger partial charge in [0, 0.05) is 24.6 Å². The van der Waals surface area contributed by atoms with Crippen LogP contribution in [0.25, 0.3) is 0 Å². The summed E-state index contributed by atoms with van der Waals surface area (Å²) >= 11 is 0. The molecular formula is C63H99FN10O10. The summed E-state index contributed by atoms with van der Waals surface area (Å²) in [6.07, 6.45) is 6.03. The molecule has 0 radical (unpaired) electrons. The third-order valence-electron chi connectivity index (χ3n) is 15.2. The summed E-state index contributed by atoms with van der Waals surface area (Å²) in [7, 11) is 3.76. The van der Waals surface area contributed by atoms with Crippen molar-refractivity contribution >= 4 is 53.2 Å². The maximum Gasteiger partial charge on any atom is 0.254 e. The molecule has 1 saturated heterocycles. The smallest absolute Gasteiger partial charge is 0.254 e. The Bertz CT molecular complexity index is 2550. The number of benzene rings is 2. The molecule has 0 spiro atoms. The third-order valence-corrected chi connectivity index (χ3v) is 15.2. The van der Waals surface area contributed by atoms with Crippen molar-refractivity contribution in [2.75, 3.05) is 27.2 Å². The Labute approximate surface area is 498 Å². The maximum atomic E-state index is 14.7. The van der Waals surface area contributed by atoms with Crippen molar-refractivity contribution in [3.8, 4) is 5.75 Å². The molecule has 0 aromatic heterocycles. The number of amides is 9. The van der Waals surface area contributed by atoms with Crippen LogP contribution in [0, 0.1) is 29.5 Å². The molecule has 2 fully saturated rings. The Morgan fingerprint density at radius 3 is 1.57 bits per heavy atom. The number of halogens is 1. The standard InChI is InChI=1S/C63H99FN10O10/c1-38(2)32-48(53(76)68-50(34-40(5)6)55(78)71-63(12,13)60(83)72-62(10,11)58(81)65-41(7)36-73(14)15)69-59(82)61(8,9)70-54(77)49(33-39(3)4)67-52(75)47(31-26-42-22-18-16-19-23-42)66-56(79)51-35-46(84-45-24-20-17-21-25-45)37-74(51)57(80)43-27-29-44(64)30-28-43/h17,20-21,24-25,27-30,38-42,46-51H,16,18-19,22-23,26,31-37H2,1-15H3,(H,65,81)(H,66,79)(H,67,75)(H,68,76)(H,69,82)(H,70,77)(H,71,78)(H,72,83)/t41-,46-,47-,48-,49-,50-,51-/m0/s1. The van der Waals surface area contributed by atoms with E-state index in [0.29, 0.717) is 24.6 Å². The van der Waals surface area contributed by atoms with Crippen LogP contribution in [-0.2, 0) is 38.4 Å². The van der Waals surface area contributed by atoms with Crippen molar-refractivity contribution in [1.82, 2.24) is 52.3 Å². The zero-order valence-electron chi connectivity index (χ0n) is 52.6. The van der Waals surface area contributed by atoms with Crippen LogP contribution in [0.3, 0.4) is 0 Å². The average molecular weight is 1180 g/mol. The monoisotopic (exact) mass is 1170 g/mol. The topological polar surface area (TPSA) is 266 Å². The lowest BCUT2D eigenvalue weighted by molar-refractivity contribution is -0.139. The minimum absolute atomic E-state index is 0.0430. The van der Waals surface area contributed by atoms with Crippen molar-refractivity contribution in [1.29, 1.82) is 0 Å². The van der Waals surface area contributed by atoms with Gasteiger partial charge < -0.3 is 57.1 Å². The number of likely N-dealkylation sites (N-methyl/N-ethyl adjacent to an activating group) is 1. The molecule has 4 rings (SSSR count). The first-order chi connectivity index (χ1) is 39.2. The number of ether oxygens (including phenoxy) is 1. The highest BCUT2D eigenvalue weighted by molar-refractivity contribution is 6.01. The largest absolute Gasteiger partial charge is 0.488 e. The summed E-state index contributed by atoms with van der Waals surface area (Å²) in [5.74, 6) is -5.52. The summed E-state index contributed by atoms with van der Waals surface area (Å²) in [6, 6.07) is 8.16. The number of carbonyl (C=O) groups excluding carboxylic acids is 9. The molecule has 2 aromatic carbocycles. The average Bonchev–Trinajstić information content (AvgIpc) is 2.98. The highest BCUT2D eigenvalue weighted by Crippen LogP contribution is 2.29. The zero-order chi connectivity index (χ0) is 62.9. The Morgan fingerprint density at radius 1 is 0.583 bits per heavy atom. The van der Waals surface area contributed by atoms with E-state index in [1.165, 1.54) is 56.9 Å². The van der Waals surface area contributed by atoms with Crippen LogP contribution < -0.4 is 47.3 Å². The fourth-order valence-corrected chi connectivity index (χ4v) is 10.6. The lowest BCUT2D eigenvalue weighted by Crippen LogP contribution is -2.65. The lowest BCUT2D eigenvalue weighted by Gasteiger charge is -2.34. The van der Waals surface area contributed by atoms with E-state index in [1.807, 2.05) is 85.7 Å². The first-order valence-corrected chi connectivity index (χ1v) is 30.1. The fraction of sp³-hybridized carbons (Fsp3) is 0.667.